The molecule has 0 spiro atoms. The second-order valence-electron chi connectivity index (χ2n) is 10.3. The first kappa shape index (κ1) is 26.5. The number of alkyl halides is 2. The molecule has 5 N–H and O–H groups in total. The van der Waals surface area contributed by atoms with Gasteiger partial charge in [-0.3, -0.25) is 15.0 Å². The first-order valence-corrected chi connectivity index (χ1v) is 12.6. The monoisotopic (exact) mass is 530 g/mol. The molecule has 0 fully saturated rings. The van der Waals surface area contributed by atoms with E-state index in [0.717, 1.165) is 0 Å². The van der Waals surface area contributed by atoms with E-state index in [-0.39, 0.29) is 36.0 Å². The Balaban J connectivity index is 1.48. The number of methoxy groups -OCH3 is 1. The number of ether oxygens (including phenoxy) is 2. The van der Waals surface area contributed by atoms with Crippen molar-refractivity contribution in [3.05, 3.63) is 64.7 Å². The Labute approximate surface area is 219 Å². The number of nitrogens with zero attached hydrogens (tertiary/aromatic N) is 2. The van der Waals surface area contributed by atoms with Crippen molar-refractivity contribution in [1.82, 2.24) is 10.2 Å². The zero-order chi connectivity index (χ0) is 27.4. The molecule has 3 aliphatic rings. The molecule has 2 heterocycles. The van der Waals surface area contributed by atoms with Gasteiger partial charge in [0.1, 0.15) is 30.8 Å². The van der Waals surface area contributed by atoms with E-state index in [0.29, 0.717) is 23.3 Å². The van der Waals surface area contributed by atoms with Gasteiger partial charge in [0.05, 0.1) is 24.0 Å². The number of guanidine groups is 1. The second kappa shape index (κ2) is 9.57. The number of hydrogen-bond donors (Lipinski definition) is 4. The zero-order valence-corrected chi connectivity index (χ0v) is 21.4. The third-order valence-electron chi connectivity index (χ3n) is 7.88. The van der Waals surface area contributed by atoms with Crippen LogP contribution in [0.4, 0.5) is 8.78 Å². The van der Waals surface area contributed by atoms with Gasteiger partial charge in [-0.15, -0.1) is 0 Å². The summed E-state index contributed by atoms with van der Waals surface area (Å²) < 4.78 is 40.9. The minimum atomic E-state index is -3.47. The molecule has 1 aliphatic carbocycles. The highest BCUT2D eigenvalue weighted by atomic mass is 19.3. The SMILES string of the molecule is CC[C@]1(C)CC(=O)N([C@H]2c3cc(C(O)N[C@@H]4c5ccccc5C(F)(F)[C@H]4O)ccc3OC[C@@H]2OC)C(N)=N1. The van der Waals surface area contributed by atoms with E-state index in [9.17, 15) is 23.8 Å². The lowest BCUT2D eigenvalue weighted by atomic mass is 9.89. The lowest BCUT2D eigenvalue weighted by Gasteiger charge is -2.43. The number of hydrogen-bond acceptors (Lipinski definition) is 8. The van der Waals surface area contributed by atoms with Crippen molar-refractivity contribution < 1.29 is 33.3 Å². The van der Waals surface area contributed by atoms with E-state index >= 15 is 0 Å². The van der Waals surface area contributed by atoms with Crippen molar-refractivity contribution in [2.75, 3.05) is 13.7 Å². The van der Waals surface area contributed by atoms with Gasteiger partial charge in [-0.25, -0.2) is 4.99 Å². The Kier molecular flexibility index (Phi) is 6.67. The summed E-state index contributed by atoms with van der Waals surface area (Å²) >= 11 is 0. The van der Waals surface area contributed by atoms with Crippen LogP contribution in [0.1, 0.15) is 67.3 Å². The summed E-state index contributed by atoms with van der Waals surface area (Å²) in [5.41, 5.74) is 6.51. The smallest absolute Gasteiger partial charge is 0.300 e. The molecular formula is C27H32F2N4O5. The number of carbonyl (C=O) groups is 1. The van der Waals surface area contributed by atoms with Crippen molar-refractivity contribution in [2.24, 2.45) is 10.7 Å². The number of rotatable bonds is 6. The average Bonchev–Trinajstić information content (AvgIpc) is 3.08. The molecule has 5 rings (SSSR count). The minimum absolute atomic E-state index is 0.0718. The fourth-order valence-corrected chi connectivity index (χ4v) is 5.53. The molecule has 0 aromatic heterocycles. The van der Waals surface area contributed by atoms with Crippen LogP contribution < -0.4 is 15.8 Å². The van der Waals surface area contributed by atoms with Crippen LogP contribution in [0.15, 0.2) is 47.5 Å². The van der Waals surface area contributed by atoms with Gasteiger partial charge in [0.25, 0.3) is 0 Å². The third kappa shape index (κ3) is 4.23. The molecule has 1 unspecified atom stereocenters. The van der Waals surface area contributed by atoms with Crippen molar-refractivity contribution in [1.29, 1.82) is 0 Å². The van der Waals surface area contributed by atoms with Gasteiger partial charge in [-0.1, -0.05) is 37.3 Å². The van der Waals surface area contributed by atoms with Gasteiger partial charge < -0.3 is 25.4 Å². The van der Waals surface area contributed by atoms with E-state index in [1.54, 1.807) is 24.3 Å². The number of amides is 1. The number of fused-ring (bicyclic) bond motifs is 2. The number of aliphatic hydroxyl groups is 2. The molecule has 0 saturated carbocycles. The van der Waals surface area contributed by atoms with Gasteiger partial charge in [0.2, 0.25) is 5.91 Å². The van der Waals surface area contributed by atoms with Crippen LogP contribution in [0, 0.1) is 0 Å². The van der Waals surface area contributed by atoms with Crippen LogP contribution in [-0.2, 0) is 15.5 Å². The Bertz CT molecular complexity index is 1270. The third-order valence-corrected chi connectivity index (χ3v) is 7.88. The van der Waals surface area contributed by atoms with Crippen LogP contribution >= 0.6 is 0 Å². The lowest BCUT2D eigenvalue weighted by Crippen LogP contribution is -2.56. The maximum atomic E-state index is 14.7. The Hall–Kier alpha value is -3.12. The van der Waals surface area contributed by atoms with Crippen molar-refractivity contribution in [3.63, 3.8) is 0 Å². The molecule has 0 radical (unpaired) electrons. The van der Waals surface area contributed by atoms with Gasteiger partial charge >= 0.3 is 5.92 Å². The molecule has 2 aromatic rings. The molecule has 2 aromatic carbocycles. The quantitative estimate of drug-likeness (QED) is 0.423. The predicted molar refractivity (Wildman–Crippen MR) is 134 cm³/mol. The van der Waals surface area contributed by atoms with Crippen LogP contribution in [-0.4, -0.2) is 58.4 Å². The number of aliphatic hydroxyl groups excluding tert-OH is 2. The van der Waals surface area contributed by atoms with Crippen molar-refractivity contribution >= 4 is 11.9 Å². The van der Waals surface area contributed by atoms with Crippen LogP contribution in [0.25, 0.3) is 0 Å². The Morgan fingerprint density at radius 3 is 2.71 bits per heavy atom. The molecule has 0 bridgehead atoms. The van der Waals surface area contributed by atoms with Crippen molar-refractivity contribution in [2.45, 2.75) is 68.7 Å². The normalized spacial score (nSPS) is 30.8. The molecule has 11 heteroatoms. The number of halogens is 2. The zero-order valence-electron chi connectivity index (χ0n) is 21.4. The van der Waals surface area contributed by atoms with Crippen molar-refractivity contribution in [3.8, 4) is 5.75 Å². The molecule has 38 heavy (non-hydrogen) atoms. The predicted octanol–water partition coefficient (Wildman–Crippen LogP) is 2.64. The fraction of sp³-hybridized carbons (Fsp3) is 0.481. The standard InChI is InChI=1S/C27H32F2N4O5/c1-4-26(2)12-20(34)33(25(30)32-26)22-16-11-14(9-10-18(16)38-13-19(22)37-3)24(36)31-21-15-7-5-6-8-17(15)27(28,29)23(21)35/h5-11,19,21-24,31,35-36H,4,12-13H2,1-3H3,(H2,30,32)/t19-,21+,22-,23-,24?,26+/m0/s1. The number of nitrogens with one attached hydrogen (secondary N) is 1. The molecular weight excluding hydrogens is 498 g/mol. The summed E-state index contributed by atoms with van der Waals surface area (Å²) in [5.74, 6) is -3.13. The Morgan fingerprint density at radius 2 is 2.03 bits per heavy atom. The van der Waals surface area contributed by atoms with E-state index in [2.05, 4.69) is 10.3 Å². The summed E-state index contributed by atoms with van der Waals surface area (Å²) in [5, 5.41) is 24.2. The minimum Gasteiger partial charge on any atom is -0.490 e. The molecule has 204 valence electrons. The molecule has 9 nitrogen and oxygen atoms in total. The lowest BCUT2D eigenvalue weighted by molar-refractivity contribution is -0.135. The van der Waals surface area contributed by atoms with Gasteiger partial charge in [-0.05, 0) is 36.6 Å². The summed E-state index contributed by atoms with van der Waals surface area (Å²) in [6.45, 7) is 3.98. The first-order valence-electron chi connectivity index (χ1n) is 12.6. The maximum absolute atomic E-state index is 14.7. The largest absolute Gasteiger partial charge is 0.490 e. The number of benzene rings is 2. The van der Waals surface area contributed by atoms with E-state index in [4.69, 9.17) is 15.2 Å². The fourth-order valence-electron chi connectivity index (χ4n) is 5.53. The average molecular weight is 531 g/mol. The summed E-state index contributed by atoms with van der Waals surface area (Å²) in [6, 6.07) is 8.82. The maximum Gasteiger partial charge on any atom is 0.300 e. The number of nitrogens with two attached hydrogens (primary N) is 1. The van der Waals surface area contributed by atoms with Crippen LogP contribution in [0.5, 0.6) is 5.75 Å². The molecule has 1 amide bonds. The topological polar surface area (TPSA) is 130 Å². The summed E-state index contributed by atoms with van der Waals surface area (Å²) in [4.78, 5) is 19.3. The highest BCUT2D eigenvalue weighted by Crippen LogP contribution is 2.48. The van der Waals surface area contributed by atoms with E-state index in [1.807, 2.05) is 13.8 Å². The van der Waals surface area contributed by atoms with E-state index in [1.165, 1.54) is 30.2 Å². The summed E-state index contributed by atoms with van der Waals surface area (Å²) in [7, 11) is 1.50. The van der Waals surface area contributed by atoms with E-state index < -0.39 is 42.0 Å². The number of aliphatic imine (C=N–C) groups is 1. The van der Waals surface area contributed by atoms with Crippen LogP contribution in [0.3, 0.4) is 0 Å². The molecule has 6 atom stereocenters. The number of carbonyl (C=O) groups excluding carboxylic acids is 1. The van der Waals surface area contributed by atoms with Gasteiger partial charge in [0, 0.05) is 18.2 Å². The highest BCUT2D eigenvalue weighted by molar-refractivity contribution is 5.99. The molecule has 0 saturated heterocycles. The summed E-state index contributed by atoms with van der Waals surface area (Å²) in [6.07, 6.45) is -3.24. The Morgan fingerprint density at radius 1 is 1.29 bits per heavy atom. The first-order chi connectivity index (χ1) is 18.0. The van der Waals surface area contributed by atoms with Gasteiger partial charge in [0.15, 0.2) is 5.96 Å². The second-order valence-corrected chi connectivity index (χ2v) is 10.3. The van der Waals surface area contributed by atoms with Gasteiger partial charge in [-0.2, -0.15) is 8.78 Å². The highest BCUT2D eigenvalue weighted by Gasteiger charge is 2.54. The molecule has 2 aliphatic heterocycles. The van der Waals surface area contributed by atoms with Crippen LogP contribution in [0.2, 0.25) is 0 Å².